The number of hydrogen-bond acceptors (Lipinski definition) is 7. The van der Waals surface area contributed by atoms with Crippen molar-refractivity contribution in [2.45, 2.75) is 12.8 Å². The fourth-order valence-corrected chi connectivity index (χ4v) is 4.51. The molecule has 2 aliphatic heterocycles. The molecule has 0 unspecified atom stereocenters. The van der Waals surface area contributed by atoms with E-state index in [0.717, 1.165) is 77.4 Å². The van der Waals surface area contributed by atoms with Crippen molar-refractivity contribution in [1.82, 2.24) is 25.7 Å². The maximum absolute atomic E-state index is 5.57. The average Bonchev–Trinajstić information content (AvgIpc) is 3.30. The van der Waals surface area contributed by atoms with Gasteiger partial charge in [0, 0.05) is 38.0 Å². The number of ether oxygens (including phenoxy) is 2. The maximum Gasteiger partial charge on any atom is 0.123 e. The molecule has 5 rings (SSSR count). The first-order chi connectivity index (χ1) is 16.1. The van der Waals surface area contributed by atoms with Crippen LogP contribution in [0.3, 0.4) is 0 Å². The van der Waals surface area contributed by atoms with E-state index in [0.29, 0.717) is 0 Å². The van der Waals surface area contributed by atoms with Gasteiger partial charge in [-0.1, -0.05) is 6.07 Å². The quantitative estimate of drug-likeness (QED) is 0.624. The summed E-state index contributed by atoms with van der Waals surface area (Å²) in [4.78, 5) is 9.63. The predicted molar refractivity (Wildman–Crippen MR) is 131 cm³/mol. The summed E-state index contributed by atoms with van der Waals surface area (Å²) < 4.78 is 11.1. The van der Waals surface area contributed by atoms with Gasteiger partial charge in [-0.05, 0) is 65.9 Å². The van der Waals surface area contributed by atoms with Crippen LogP contribution in [0, 0.1) is 0 Å². The molecule has 2 aromatic carbocycles. The van der Waals surface area contributed by atoms with Crippen LogP contribution in [0.4, 0.5) is 0 Å². The van der Waals surface area contributed by atoms with Crippen molar-refractivity contribution in [3.8, 4) is 11.5 Å². The lowest BCUT2D eigenvalue weighted by atomic mass is 9.89. The Morgan fingerprint density at radius 2 is 1.79 bits per heavy atom. The molecule has 0 amide bonds. The van der Waals surface area contributed by atoms with Crippen molar-refractivity contribution in [3.63, 3.8) is 0 Å². The highest BCUT2D eigenvalue weighted by atomic mass is 16.5. The molecule has 2 N–H and O–H groups in total. The lowest BCUT2D eigenvalue weighted by Crippen LogP contribution is -2.24. The molecule has 0 spiro atoms. The van der Waals surface area contributed by atoms with Crippen molar-refractivity contribution in [2.75, 3.05) is 40.9 Å². The third-order valence-electron chi connectivity index (χ3n) is 6.19. The molecule has 0 radical (unpaired) electrons. The first-order valence-electron chi connectivity index (χ1n) is 11.3. The van der Waals surface area contributed by atoms with Gasteiger partial charge < -0.3 is 19.8 Å². The third kappa shape index (κ3) is 4.42. The molecule has 0 atom stereocenters. The summed E-state index contributed by atoms with van der Waals surface area (Å²) >= 11 is 0. The molecular weight excluding hydrogens is 414 g/mol. The Morgan fingerprint density at radius 1 is 0.970 bits per heavy atom. The second kappa shape index (κ2) is 9.21. The Hall–Kier alpha value is -3.42. The highest BCUT2D eigenvalue weighted by molar-refractivity contribution is 5.88. The molecule has 3 heterocycles. The number of nitrogens with one attached hydrogen (secondary N) is 2. The molecule has 1 saturated heterocycles. The number of aromatic nitrogens is 2. The van der Waals surface area contributed by atoms with Gasteiger partial charge in [0.2, 0.25) is 0 Å². The van der Waals surface area contributed by atoms with Gasteiger partial charge in [0.15, 0.2) is 0 Å². The van der Waals surface area contributed by atoms with E-state index in [4.69, 9.17) is 14.5 Å². The Balaban J connectivity index is 1.65. The number of methoxy groups -OCH3 is 2. The molecule has 170 valence electrons. The van der Waals surface area contributed by atoms with Crippen LogP contribution in [0.1, 0.15) is 29.7 Å². The van der Waals surface area contributed by atoms with Crippen LogP contribution in [0.15, 0.2) is 54.4 Å². The molecule has 7 nitrogen and oxygen atoms in total. The normalized spacial score (nSPS) is 17.8. The summed E-state index contributed by atoms with van der Waals surface area (Å²) in [5.74, 6) is 1.55. The molecule has 0 aliphatic carbocycles. The summed E-state index contributed by atoms with van der Waals surface area (Å²) in [5.41, 5.74) is 11.9. The van der Waals surface area contributed by atoms with Gasteiger partial charge in [0.05, 0.1) is 37.1 Å². The first kappa shape index (κ1) is 21.4. The Morgan fingerprint density at radius 3 is 2.45 bits per heavy atom. The van der Waals surface area contributed by atoms with Crippen LogP contribution in [-0.4, -0.2) is 55.9 Å². The number of piperidine rings is 1. The van der Waals surface area contributed by atoms with E-state index < -0.39 is 0 Å². The van der Waals surface area contributed by atoms with Gasteiger partial charge in [-0.25, -0.2) is 10.4 Å². The fraction of sp³-hybridized carbons (Fsp3) is 0.308. The second-order valence-corrected chi connectivity index (χ2v) is 8.42. The molecular formula is C26H29N5O2. The van der Waals surface area contributed by atoms with E-state index in [2.05, 4.69) is 52.3 Å². The topological polar surface area (TPSA) is 71.5 Å². The molecule has 2 aliphatic rings. The fourth-order valence-electron chi connectivity index (χ4n) is 4.51. The van der Waals surface area contributed by atoms with Crippen LogP contribution in [0.2, 0.25) is 0 Å². The highest BCUT2D eigenvalue weighted by Gasteiger charge is 2.18. The Labute approximate surface area is 194 Å². The molecule has 0 saturated carbocycles. The van der Waals surface area contributed by atoms with Crippen molar-refractivity contribution in [2.24, 2.45) is 0 Å². The number of nitrogens with zero attached hydrogens (tertiary/aromatic N) is 3. The standard InChI is InChI=1S/C26H29N5O2/c1-31-16-20(14-29-31)25-15-28-23-7-6-17(11-24(23)30-25)26(18-5-4-8-27-13-18)19-9-21(32-2)12-22(10-19)33-3/h6-7,9-12,15-16,27,29H,4-5,8,13-14H2,1-3H3/b26-18-. The molecule has 1 fully saturated rings. The molecule has 7 heteroatoms. The van der Waals surface area contributed by atoms with E-state index >= 15 is 0 Å². The van der Waals surface area contributed by atoms with E-state index in [1.165, 1.54) is 11.1 Å². The summed E-state index contributed by atoms with van der Waals surface area (Å²) in [6.07, 6.45) is 6.08. The van der Waals surface area contributed by atoms with Crippen LogP contribution >= 0.6 is 0 Å². The van der Waals surface area contributed by atoms with Crippen molar-refractivity contribution in [3.05, 3.63) is 71.2 Å². The van der Waals surface area contributed by atoms with Crippen molar-refractivity contribution >= 4 is 22.2 Å². The van der Waals surface area contributed by atoms with Gasteiger partial charge >= 0.3 is 0 Å². The van der Waals surface area contributed by atoms with Gasteiger partial charge in [-0.2, -0.15) is 0 Å². The number of benzene rings is 2. The minimum absolute atomic E-state index is 0.751. The molecule has 0 bridgehead atoms. The SMILES string of the molecule is COc1cc(OC)cc(/C(=C2/CCCNC2)c2ccc3ncc(C4=CN(C)NC4)nc3c2)c1. The van der Waals surface area contributed by atoms with Gasteiger partial charge in [-0.3, -0.25) is 4.98 Å². The zero-order valence-corrected chi connectivity index (χ0v) is 19.3. The number of hydrazine groups is 1. The van der Waals surface area contributed by atoms with E-state index in [1.54, 1.807) is 14.2 Å². The van der Waals surface area contributed by atoms with Crippen LogP contribution in [-0.2, 0) is 0 Å². The van der Waals surface area contributed by atoms with E-state index in [-0.39, 0.29) is 0 Å². The third-order valence-corrected chi connectivity index (χ3v) is 6.19. The summed E-state index contributed by atoms with van der Waals surface area (Å²) in [6, 6.07) is 12.4. The highest BCUT2D eigenvalue weighted by Crippen LogP contribution is 2.35. The molecule has 3 aromatic rings. The second-order valence-electron chi connectivity index (χ2n) is 8.42. The maximum atomic E-state index is 5.57. The van der Waals surface area contributed by atoms with E-state index in [1.807, 2.05) is 24.3 Å². The van der Waals surface area contributed by atoms with Crippen molar-refractivity contribution in [1.29, 1.82) is 0 Å². The number of rotatable bonds is 5. The predicted octanol–water partition coefficient (Wildman–Crippen LogP) is 3.62. The average molecular weight is 444 g/mol. The van der Waals surface area contributed by atoms with E-state index in [9.17, 15) is 0 Å². The summed E-state index contributed by atoms with van der Waals surface area (Å²) in [6.45, 7) is 2.66. The van der Waals surface area contributed by atoms with Gasteiger partial charge in [0.25, 0.3) is 0 Å². The molecule has 33 heavy (non-hydrogen) atoms. The minimum atomic E-state index is 0.751. The summed E-state index contributed by atoms with van der Waals surface area (Å²) in [7, 11) is 5.36. The number of hydrogen-bond donors (Lipinski definition) is 2. The Bertz CT molecular complexity index is 1220. The number of fused-ring (bicyclic) bond motifs is 1. The van der Waals surface area contributed by atoms with Crippen molar-refractivity contribution < 1.29 is 9.47 Å². The van der Waals surface area contributed by atoms with Crippen LogP contribution in [0.5, 0.6) is 11.5 Å². The zero-order chi connectivity index (χ0) is 22.8. The van der Waals surface area contributed by atoms with Crippen LogP contribution < -0.4 is 20.2 Å². The lowest BCUT2D eigenvalue weighted by molar-refractivity contribution is 0.374. The lowest BCUT2D eigenvalue weighted by Gasteiger charge is -2.22. The van der Waals surface area contributed by atoms with Crippen LogP contribution in [0.25, 0.3) is 22.2 Å². The van der Waals surface area contributed by atoms with Gasteiger partial charge in [0.1, 0.15) is 11.5 Å². The smallest absolute Gasteiger partial charge is 0.123 e. The van der Waals surface area contributed by atoms with Gasteiger partial charge in [-0.15, -0.1) is 0 Å². The largest absolute Gasteiger partial charge is 0.497 e. The molecule has 1 aromatic heterocycles. The monoisotopic (exact) mass is 443 g/mol. The minimum Gasteiger partial charge on any atom is -0.497 e. The Kier molecular flexibility index (Phi) is 5.98. The first-order valence-corrected chi connectivity index (χ1v) is 11.3. The summed E-state index contributed by atoms with van der Waals surface area (Å²) in [5, 5.41) is 5.48. The zero-order valence-electron chi connectivity index (χ0n) is 19.3.